The van der Waals surface area contributed by atoms with Gasteiger partial charge in [0.25, 0.3) is 0 Å². The average Bonchev–Trinajstić information content (AvgIpc) is 2.79. The number of halogens is 2. The molecular weight excluding hydrogens is 327 g/mol. The quantitative estimate of drug-likeness (QED) is 0.929. The molecule has 1 aliphatic rings. The molecule has 1 N–H and O–H groups in total. The van der Waals surface area contributed by atoms with E-state index < -0.39 is 5.60 Å². The standard InChI is InChI=1S/C14H14BrFN2O2/c15-10-2-3-11(16)9(6-10)7-12-17-13(20-18-12)8-14(19)4-1-5-14/h2-3,6,19H,1,4-5,7-8H2. The van der Waals surface area contributed by atoms with Crippen LogP contribution in [0.5, 0.6) is 0 Å². The molecule has 4 nitrogen and oxygen atoms in total. The van der Waals surface area contributed by atoms with Crippen LogP contribution in [0.2, 0.25) is 0 Å². The highest BCUT2D eigenvalue weighted by atomic mass is 79.9. The van der Waals surface area contributed by atoms with E-state index >= 15 is 0 Å². The molecule has 20 heavy (non-hydrogen) atoms. The number of aromatic nitrogens is 2. The van der Waals surface area contributed by atoms with E-state index in [9.17, 15) is 9.50 Å². The van der Waals surface area contributed by atoms with Gasteiger partial charge in [0.05, 0.1) is 12.0 Å². The SMILES string of the molecule is OC1(Cc2nc(Cc3cc(Br)ccc3F)no2)CCC1. The number of hydrogen-bond donors (Lipinski definition) is 1. The lowest BCUT2D eigenvalue weighted by atomic mass is 9.78. The van der Waals surface area contributed by atoms with E-state index in [2.05, 4.69) is 26.1 Å². The topological polar surface area (TPSA) is 59.2 Å². The maximum atomic E-state index is 13.6. The smallest absolute Gasteiger partial charge is 0.229 e. The monoisotopic (exact) mass is 340 g/mol. The molecule has 6 heteroatoms. The minimum absolute atomic E-state index is 0.271. The van der Waals surface area contributed by atoms with Gasteiger partial charge in [-0.05, 0) is 43.0 Å². The van der Waals surface area contributed by atoms with Crippen molar-refractivity contribution in [3.8, 4) is 0 Å². The van der Waals surface area contributed by atoms with Crippen LogP contribution < -0.4 is 0 Å². The summed E-state index contributed by atoms with van der Waals surface area (Å²) < 4.78 is 19.6. The zero-order valence-corrected chi connectivity index (χ0v) is 12.4. The average molecular weight is 341 g/mol. The fourth-order valence-electron chi connectivity index (χ4n) is 2.33. The second-order valence-electron chi connectivity index (χ2n) is 5.27. The first kappa shape index (κ1) is 13.7. The minimum Gasteiger partial charge on any atom is -0.389 e. The Hall–Kier alpha value is -1.27. The zero-order chi connectivity index (χ0) is 14.2. The number of nitrogens with zero attached hydrogens (tertiary/aromatic N) is 2. The fourth-order valence-corrected chi connectivity index (χ4v) is 2.73. The lowest BCUT2D eigenvalue weighted by Crippen LogP contribution is -2.39. The van der Waals surface area contributed by atoms with E-state index in [0.717, 1.165) is 23.7 Å². The number of aliphatic hydroxyl groups is 1. The predicted molar refractivity (Wildman–Crippen MR) is 73.7 cm³/mol. The Labute approximate surface area is 124 Å². The van der Waals surface area contributed by atoms with Crippen molar-refractivity contribution in [1.29, 1.82) is 0 Å². The van der Waals surface area contributed by atoms with E-state index in [1.165, 1.54) is 6.07 Å². The second-order valence-corrected chi connectivity index (χ2v) is 6.19. The van der Waals surface area contributed by atoms with E-state index in [1.807, 2.05) is 0 Å². The summed E-state index contributed by atoms with van der Waals surface area (Å²) >= 11 is 3.31. The molecular formula is C14H14BrFN2O2. The van der Waals surface area contributed by atoms with Crippen LogP contribution in [0, 0.1) is 5.82 Å². The van der Waals surface area contributed by atoms with Crippen molar-refractivity contribution in [3.05, 3.63) is 45.8 Å². The molecule has 3 rings (SSSR count). The lowest BCUT2D eigenvalue weighted by Gasteiger charge is -2.35. The molecule has 2 aromatic rings. The van der Waals surface area contributed by atoms with Gasteiger partial charge in [0.15, 0.2) is 5.82 Å². The summed E-state index contributed by atoms with van der Waals surface area (Å²) in [5, 5.41) is 13.9. The van der Waals surface area contributed by atoms with Crippen LogP contribution in [-0.4, -0.2) is 20.8 Å². The summed E-state index contributed by atoms with van der Waals surface area (Å²) in [7, 11) is 0. The van der Waals surface area contributed by atoms with Gasteiger partial charge in [0.1, 0.15) is 5.82 Å². The maximum absolute atomic E-state index is 13.6. The molecule has 0 atom stereocenters. The first-order valence-corrected chi connectivity index (χ1v) is 7.31. The number of hydrogen-bond acceptors (Lipinski definition) is 4. The molecule has 1 aromatic heterocycles. The Balaban J connectivity index is 1.72. The third kappa shape index (κ3) is 2.91. The van der Waals surface area contributed by atoms with Gasteiger partial charge in [-0.3, -0.25) is 0 Å². The van der Waals surface area contributed by atoms with E-state index in [0.29, 0.717) is 23.7 Å². The fraction of sp³-hybridized carbons (Fsp3) is 0.429. The predicted octanol–water partition coefficient (Wildman–Crippen LogP) is 3.02. The highest BCUT2D eigenvalue weighted by molar-refractivity contribution is 9.10. The van der Waals surface area contributed by atoms with Gasteiger partial charge in [-0.1, -0.05) is 21.1 Å². The normalized spacial score (nSPS) is 16.9. The van der Waals surface area contributed by atoms with Crippen LogP contribution in [-0.2, 0) is 12.8 Å². The van der Waals surface area contributed by atoms with Crippen molar-refractivity contribution in [2.75, 3.05) is 0 Å². The van der Waals surface area contributed by atoms with Crippen LogP contribution >= 0.6 is 15.9 Å². The van der Waals surface area contributed by atoms with Gasteiger partial charge in [0.2, 0.25) is 5.89 Å². The van der Waals surface area contributed by atoms with Crippen molar-refractivity contribution >= 4 is 15.9 Å². The number of rotatable bonds is 4. The van der Waals surface area contributed by atoms with Crippen molar-refractivity contribution in [2.24, 2.45) is 0 Å². The minimum atomic E-state index is -0.690. The Morgan fingerprint density at radius 3 is 2.90 bits per heavy atom. The summed E-state index contributed by atoms with van der Waals surface area (Å²) in [5.74, 6) is 0.551. The van der Waals surface area contributed by atoms with Gasteiger partial charge >= 0.3 is 0 Å². The molecule has 0 radical (unpaired) electrons. The van der Waals surface area contributed by atoms with Crippen LogP contribution in [0.25, 0.3) is 0 Å². The molecule has 1 heterocycles. The summed E-state index contributed by atoms with van der Waals surface area (Å²) in [6, 6.07) is 4.74. The van der Waals surface area contributed by atoms with Gasteiger partial charge in [-0.25, -0.2) is 4.39 Å². The van der Waals surface area contributed by atoms with E-state index in [1.54, 1.807) is 12.1 Å². The molecule has 0 spiro atoms. The highest BCUT2D eigenvalue weighted by Gasteiger charge is 2.36. The lowest BCUT2D eigenvalue weighted by molar-refractivity contribution is -0.0378. The first-order valence-electron chi connectivity index (χ1n) is 6.52. The van der Waals surface area contributed by atoms with Gasteiger partial charge in [-0.15, -0.1) is 0 Å². The second kappa shape index (κ2) is 5.26. The Kier molecular flexibility index (Phi) is 3.60. The Morgan fingerprint density at radius 1 is 1.40 bits per heavy atom. The zero-order valence-electron chi connectivity index (χ0n) is 10.8. The van der Waals surface area contributed by atoms with Crippen LogP contribution in [0.4, 0.5) is 4.39 Å². The van der Waals surface area contributed by atoms with Crippen molar-refractivity contribution < 1.29 is 14.0 Å². The highest BCUT2D eigenvalue weighted by Crippen LogP contribution is 2.34. The first-order chi connectivity index (χ1) is 9.54. The van der Waals surface area contributed by atoms with Crippen LogP contribution in [0.3, 0.4) is 0 Å². The third-order valence-electron chi connectivity index (χ3n) is 3.63. The Bertz CT molecular complexity index is 625. The van der Waals surface area contributed by atoms with Crippen molar-refractivity contribution in [1.82, 2.24) is 10.1 Å². The third-order valence-corrected chi connectivity index (χ3v) is 4.12. The van der Waals surface area contributed by atoms with Crippen LogP contribution in [0.15, 0.2) is 27.2 Å². The summed E-state index contributed by atoms with van der Waals surface area (Å²) in [4.78, 5) is 4.22. The molecule has 0 unspecified atom stereocenters. The molecule has 1 saturated carbocycles. The maximum Gasteiger partial charge on any atom is 0.229 e. The largest absolute Gasteiger partial charge is 0.389 e. The molecule has 1 aromatic carbocycles. The summed E-state index contributed by atoms with van der Waals surface area (Å²) in [5.41, 5.74) is -0.181. The molecule has 0 aliphatic heterocycles. The number of benzene rings is 1. The van der Waals surface area contributed by atoms with Gasteiger partial charge in [0, 0.05) is 10.9 Å². The molecule has 0 bridgehead atoms. The molecule has 0 saturated heterocycles. The van der Waals surface area contributed by atoms with Crippen molar-refractivity contribution in [3.63, 3.8) is 0 Å². The van der Waals surface area contributed by atoms with Gasteiger partial charge in [-0.2, -0.15) is 4.98 Å². The van der Waals surface area contributed by atoms with Gasteiger partial charge < -0.3 is 9.63 Å². The van der Waals surface area contributed by atoms with E-state index in [4.69, 9.17) is 4.52 Å². The molecule has 1 aliphatic carbocycles. The molecule has 0 amide bonds. The molecule has 106 valence electrons. The Morgan fingerprint density at radius 2 is 2.20 bits per heavy atom. The van der Waals surface area contributed by atoms with E-state index in [-0.39, 0.29) is 12.2 Å². The summed E-state index contributed by atoms with van der Waals surface area (Å²) in [6.07, 6.45) is 3.21. The van der Waals surface area contributed by atoms with Crippen molar-refractivity contribution in [2.45, 2.75) is 37.7 Å². The van der Waals surface area contributed by atoms with Crippen LogP contribution in [0.1, 0.15) is 36.5 Å². The molecule has 1 fully saturated rings. The summed E-state index contributed by atoms with van der Waals surface area (Å²) in [6.45, 7) is 0.